The van der Waals surface area contributed by atoms with E-state index in [9.17, 15) is 8.42 Å². The molecule has 0 amide bonds. The van der Waals surface area contributed by atoms with Gasteiger partial charge >= 0.3 is 0 Å². The first kappa shape index (κ1) is 13.4. The van der Waals surface area contributed by atoms with Crippen LogP contribution >= 0.6 is 0 Å². The third-order valence-electron chi connectivity index (χ3n) is 1.98. The molecular formula is C10H13N3O3S. The monoisotopic (exact) mass is 255 g/mol. The zero-order chi connectivity index (χ0) is 13.1. The number of nitrogens with two attached hydrogens (primary N) is 1. The lowest BCUT2D eigenvalue weighted by Gasteiger charge is -2.09. The Bertz CT molecular complexity index is 546. The number of nitriles is 1. The second kappa shape index (κ2) is 5.14. The van der Waals surface area contributed by atoms with Gasteiger partial charge in [0.05, 0.1) is 16.6 Å². The first-order valence-electron chi connectivity index (χ1n) is 4.84. The highest BCUT2D eigenvalue weighted by molar-refractivity contribution is 7.89. The van der Waals surface area contributed by atoms with E-state index < -0.39 is 16.1 Å². The van der Waals surface area contributed by atoms with Gasteiger partial charge in [-0.3, -0.25) is 0 Å². The molecule has 1 aromatic rings. The van der Waals surface area contributed by atoms with Gasteiger partial charge < -0.3 is 10.8 Å². The summed E-state index contributed by atoms with van der Waals surface area (Å²) < 4.78 is 25.8. The lowest BCUT2D eigenvalue weighted by molar-refractivity contribution is 0.198. The molecule has 7 heteroatoms. The van der Waals surface area contributed by atoms with Gasteiger partial charge in [0, 0.05) is 12.2 Å². The Balaban J connectivity index is 3.12. The van der Waals surface area contributed by atoms with Gasteiger partial charge in [0.15, 0.2) is 0 Å². The van der Waals surface area contributed by atoms with E-state index in [4.69, 9.17) is 16.1 Å². The molecule has 1 atom stereocenters. The molecular weight excluding hydrogens is 242 g/mol. The number of hydrogen-bond donors (Lipinski definition) is 3. The van der Waals surface area contributed by atoms with E-state index in [1.165, 1.54) is 25.1 Å². The molecule has 0 spiro atoms. The van der Waals surface area contributed by atoms with Crippen molar-refractivity contribution in [1.29, 1.82) is 5.26 Å². The number of anilines is 1. The second-order valence-corrected chi connectivity index (χ2v) is 5.30. The van der Waals surface area contributed by atoms with Gasteiger partial charge in [0.2, 0.25) is 10.0 Å². The van der Waals surface area contributed by atoms with E-state index in [2.05, 4.69) is 4.72 Å². The van der Waals surface area contributed by atoms with Crippen molar-refractivity contribution in [3.05, 3.63) is 23.8 Å². The normalized spacial score (nSPS) is 13.0. The molecule has 0 fully saturated rings. The lowest BCUT2D eigenvalue weighted by atomic mass is 10.2. The van der Waals surface area contributed by atoms with Gasteiger partial charge in [-0.05, 0) is 25.1 Å². The third-order valence-corrected chi connectivity index (χ3v) is 3.46. The summed E-state index contributed by atoms with van der Waals surface area (Å²) in [6.45, 7) is 1.34. The van der Waals surface area contributed by atoms with Crippen molar-refractivity contribution in [2.45, 2.75) is 17.9 Å². The topological polar surface area (TPSA) is 116 Å². The predicted molar refractivity (Wildman–Crippen MR) is 62.4 cm³/mol. The van der Waals surface area contributed by atoms with Crippen molar-refractivity contribution in [2.75, 3.05) is 12.3 Å². The number of nitrogen functional groups attached to an aromatic ring is 1. The SMILES string of the molecule is C[C@@H](O)CNS(=O)(=O)c1ccc(N)cc1C#N. The van der Waals surface area contributed by atoms with Crippen LogP contribution < -0.4 is 10.5 Å². The van der Waals surface area contributed by atoms with E-state index in [1.807, 2.05) is 0 Å². The molecule has 92 valence electrons. The van der Waals surface area contributed by atoms with Crippen LogP contribution in [-0.2, 0) is 10.0 Å². The van der Waals surface area contributed by atoms with Gasteiger partial charge in [-0.1, -0.05) is 0 Å². The highest BCUT2D eigenvalue weighted by Crippen LogP contribution is 2.17. The van der Waals surface area contributed by atoms with Gasteiger partial charge in [0.25, 0.3) is 0 Å². The van der Waals surface area contributed by atoms with Crippen LogP contribution in [0.4, 0.5) is 5.69 Å². The Hall–Kier alpha value is -1.62. The highest BCUT2D eigenvalue weighted by atomic mass is 32.2. The number of rotatable bonds is 4. The van der Waals surface area contributed by atoms with E-state index >= 15 is 0 Å². The van der Waals surface area contributed by atoms with Crippen molar-refractivity contribution < 1.29 is 13.5 Å². The molecule has 1 rings (SSSR count). The number of hydrogen-bond acceptors (Lipinski definition) is 5. The Morgan fingerprint density at radius 3 is 2.76 bits per heavy atom. The minimum atomic E-state index is -3.80. The number of benzene rings is 1. The zero-order valence-electron chi connectivity index (χ0n) is 9.21. The summed E-state index contributed by atoms with van der Waals surface area (Å²) in [5.74, 6) is 0. The summed E-state index contributed by atoms with van der Waals surface area (Å²) in [6, 6.07) is 5.72. The van der Waals surface area contributed by atoms with E-state index in [-0.39, 0.29) is 17.0 Å². The van der Waals surface area contributed by atoms with Crippen LogP contribution in [0.1, 0.15) is 12.5 Å². The molecule has 0 saturated heterocycles. The number of aliphatic hydroxyl groups excluding tert-OH is 1. The number of sulfonamides is 1. The Morgan fingerprint density at radius 2 is 2.24 bits per heavy atom. The fraction of sp³-hybridized carbons (Fsp3) is 0.300. The smallest absolute Gasteiger partial charge is 0.241 e. The molecule has 0 saturated carbocycles. The molecule has 6 nitrogen and oxygen atoms in total. The first-order valence-corrected chi connectivity index (χ1v) is 6.32. The molecule has 0 radical (unpaired) electrons. The average Bonchev–Trinajstić information content (AvgIpc) is 2.26. The van der Waals surface area contributed by atoms with Crippen LogP contribution in [0.15, 0.2) is 23.1 Å². The second-order valence-electron chi connectivity index (χ2n) is 3.57. The summed E-state index contributed by atoms with van der Waals surface area (Å²) in [4.78, 5) is -0.144. The van der Waals surface area contributed by atoms with Gasteiger partial charge in [-0.15, -0.1) is 0 Å². The van der Waals surface area contributed by atoms with Crippen molar-refractivity contribution in [3.63, 3.8) is 0 Å². The van der Waals surface area contributed by atoms with Crippen molar-refractivity contribution in [2.24, 2.45) is 0 Å². The van der Waals surface area contributed by atoms with Crippen LogP contribution in [-0.4, -0.2) is 26.2 Å². The van der Waals surface area contributed by atoms with Crippen molar-refractivity contribution in [1.82, 2.24) is 4.72 Å². The molecule has 0 aromatic heterocycles. The maximum atomic E-state index is 11.8. The molecule has 17 heavy (non-hydrogen) atoms. The van der Waals surface area contributed by atoms with E-state index in [1.54, 1.807) is 6.07 Å². The van der Waals surface area contributed by atoms with Crippen LogP contribution in [0.25, 0.3) is 0 Å². The van der Waals surface area contributed by atoms with Crippen molar-refractivity contribution >= 4 is 15.7 Å². The van der Waals surface area contributed by atoms with Crippen LogP contribution in [0.2, 0.25) is 0 Å². The molecule has 0 aliphatic carbocycles. The molecule has 0 bridgehead atoms. The molecule has 0 aliphatic rings. The summed E-state index contributed by atoms with van der Waals surface area (Å²) in [6.07, 6.45) is -0.802. The molecule has 1 aromatic carbocycles. The van der Waals surface area contributed by atoms with E-state index in [0.29, 0.717) is 5.69 Å². The Labute approximate surface area is 99.7 Å². The molecule has 4 N–H and O–H groups in total. The van der Waals surface area contributed by atoms with Gasteiger partial charge in [-0.2, -0.15) is 5.26 Å². The summed E-state index contributed by atoms with van der Waals surface area (Å²) in [7, 11) is -3.80. The minimum absolute atomic E-state index is 0.0249. The predicted octanol–water partition coefficient (Wildman–Crippen LogP) is -0.200. The molecule has 0 heterocycles. The van der Waals surface area contributed by atoms with Crippen LogP contribution in [0.5, 0.6) is 0 Å². The Kier molecular flexibility index (Phi) is 4.07. The standard InChI is InChI=1S/C10H13N3O3S/c1-7(14)6-13-17(15,16)10-3-2-9(12)4-8(10)5-11/h2-4,7,13-14H,6,12H2,1H3/t7-/m1/s1. The fourth-order valence-electron chi connectivity index (χ4n) is 1.18. The van der Waals surface area contributed by atoms with Crippen LogP contribution in [0.3, 0.4) is 0 Å². The minimum Gasteiger partial charge on any atom is -0.399 e. The van der Waals surface area contributed by atoms with Crippen LogP contribution in [0, 0.1) is 11.3 Å². The maximum absolute atomic E-state index is 11.8. The summed E-state index contributed by atoms with van der Waals surface area (Å²) in [5, 5.41) is 17.9. The van der Waals surface area contributed by atoms with Crippen molar-refractivity contribution in [3.8, 4) is 6.07 Å². The number of aliphatic hydroxyl groups is 1. The average molecular weight is 255 g/mol. The largest absolute Gasteiger partial charge is 0.399 e. The maximum Gasteiger partial charge on any atom is 0.241 e. The lowest BCUT2D eigenvalue weighted by Crippen LogP contribution is -2.31. The first-order chi connectivity index (χ1) is 7.86. The number of nitrogens with zero attached hydrogens (tertiary/aromatic N) is 1. The Morgan fingerprint density at radius 1 is 1.59 bits per heavy atom. The summed E-state index contributed by atoms with van der Waals surface area (Å²) >= 11 is 0. The highest BCUT2D eigenvalue weighted by Gasteiger charge is 2.18. The molecule has 0 aliphatic heterocycles. The fourth-order valence-corrected chi connectivity index (χ4v) is 2.43. The number of nitrogens with one attached hydrogen (secondary N) is 1. The van der Waals surface area contributed by atoms with Gasteiger partial charge in [0.1, 0.15) is 6.07 Å². The molecule has 0 unspecified atom stereocenters. The third kappa shape index (κ3) is 3.42. The quantitative estimate of drug-likeness (QED) is 0.644. The summed E-state index contributed by atoms with van der Waals surface area (Å²) in [5.41, 5.74) is 5.75. The van der Waals surface area contributed by atoms with Gasteiger partial charge in [-0.25, -0.2) is 13.1 Å². The van der Waals surface area contributed by atoms with E-state index in [0.717, 1.165) is 0 Å². The zero-order valence-corrected chi connectivity index (χ0v) is 10.0.